The molecule has 0 fully saturated rings. The fourth-order valence-corrected chi connectivity index (χ4v) is 10.9. The molecule has 0 unspecified atom stereocenters. The first-order chi connectivity index (χ1) is 34.9. The number of para-hydroxylation sites is 4. The molecule has 9 heterocycles. The molecule has 4 aliphatic heterocycles. The summed E-state index contributed by atoms with van der Waals surface area (Å²) < 4.78 is 10.7. The first-order valence-electron chi connectivity index (χ1n) is 24.2. The summed E-state index contributed by atoms with van der Waals surface area (Å²) in [6.45, 7) is 8.25. The van der Waals surface area contributed by atoms with Crippen molar-refractivity contribution >= 4 is 88.0 Å². The number of fused-ring (bicyclic) bond motifs is 9. The molecule has 0 radical (unpaired) electrons. The maximum atomic E-state index is 5.99. The van der Waals surface area contributed by atoms with E-state index >= 15 is 0 Å². The summed E-state index contributed by atoms with van der Waals surface area (Å²) in [5.74, 6) is 0. The number of hydrogen-bond acceptors (Lipinski definition) is 7. The van der Waals surface area contributed by atoms with Crippen LogP contribution in [0.25, 0.3) is 76.6 Å². The summed E-state index contributed by atoms with van der Waals surface area (Å²) in [5.41, 5.74) is 16.5. The average Bonchev–Trinajstić information content (AvgIpc) is 4.27. The van der Waals surface area contributed by atoms with Crippen molar-refractivity contribution in [2.24, 2.45) is 0 Å². The van der Waals surface area contributed by atoms with E-state index in [4.69, 9.17) is 14.4 Å². The van der Waals surface area contributed by atoms with Crippen molar-refractivity contribution in [3.05, 3.63) is 230 Å². The van der Waals surface area contributed by atoms with Gasteiger partial charge in [-0.3, -0.25) is 9.97 Å². The summed E-state index contributed by atoms with van der Waals surface area (Å²) in [6, 6.07) is 58.9. The van der Waals surface area contributed by atoms with E-state index in [-0.39, 0.29) is 40.2 Å². The van der Waals surface area contributed by atoms with Gasteiger partial charge < -0.3 is 32.8 Å². The molecule has 0 bridgehead atoms. The molecular formula is C62H48Ir2N8O. The van der Waals surface area contributed by atoms with Crippen LogP contribution in [-0.4, -0.2) is 42.7 Å². The van der Waals surface area contributed by atoms with Crippen LogP contribution in [0.2, 0.25) is 0 Å². The van der Waals surface area contributed by atoms with E-state index in [0.29, 0.717) is 0 Å². The van der Waals surface area contributed by atoms with Gasteiger partial charge in [-0.25, -0.2) is 0 Å². The largest absolute Gasteiger partial charge is 3.00 e. The van der Waals surface area contributed by atoms with Gasteiger partial charge in [0.25, 0.3) is 0 Å². The predicted molar refractivity (Wildman–Crippen MR) is 288 cm³/mol. The Morgan fingerprint density at radius 3 is 1.58 bits per heavy atom. The van der Waals surface area contributed by atoms with E-state index in [1.165, 1.54) is 55.1 Å². The molecule has 0 saturated heterocycles. The number of imidazole rings is 2. The number of aryl methyl sites for hydroxylation is 6. The minimum absolute atomic E-state index is 0. The zero-order valence-electron chi connectivity index (χ0n) is 40.6. The third-order valence-electron chi connectivity index (χ3n) is 14.1. The number of aromatic nitrogens is 4. The molecule has 0 N–H and O–H groups in total. The molecule has 0 aliphatic carbocycles. The van der Waals surface area contributed by atoms with Crippen molar-refractivity contribution in [3.8, 4) is 0 Å². The van der Waals surface area contributed by atoms with Crippen LogP contribution in [0, 0.1) is 51.5 Å². The Labute approximate surface area is 451 Å². The number of anilines is 2. The third-order valence-corrected chi connectivity index (χ3v) is 14.1. The number of pyridine rings is 2. The smallest absolute Gasteiger partial charge is 0.514 e. The van der Waals surface area contributed by atoms with Crippen LogP contribution in [-0.2, 0) is 65.9 Å². The monoisotopic (exact) mass is 1310 g/mol. The van der Waals surface area contributed by atoms with E-state index in [2.05, 4.69) is 114 Å². The Morgan fingerprint density at radius 2 is 1.01 bits per heavy atom. The summed E-state index contributed by atoms with van der Waals surface area (Å²) in [5, 5.41) is 9.69. The summed E-state index contributed by atoms with van der Waals surface area (Å²) in [7, 11) is 3.99. The van der Waals surface area contributed by atoms with Crippen molar-refractivity contribution in [1.29, 1.82) is 0 Å². The van der Waals surface area contributed by atoms with Gasteiger partial charge in [-0.15, -0.1) is 65.0 Å². The van der Waals surface area contributed by atoms with Crippen LogP contribution in [0.4, 0.5) is 11.4 Å². The topological polar surface area (TPSA) is 60.7 Å². The Hall–Kier alpha value is -7.26. The molecule has 7 aromatic carbocycles. The van der Waals surface area contributed by atoms with Gasteiger partial charge in [-0.2, -0.15) is 61.9 Å². The summed E-state index contributed by atoms with van der Waals surface area (Å²) in [4.78, 5) is 17.7. The average molecular weight is 1310 g/mol. The number of nitrogens with zero attached hydrogens (tertiary/aromatic N) is 8. The first kappa shape index (κ1) is 48.0. The Kier molecular flexibility index (Phi) is 12.9. The number of benzene rings is 7. The molecule has 12 aromatic rings. The van der Waals surface area contributed by atoms with Gasteiger partial charge in [0, 0.05) is 44.8 Å². The summed E-state index contributed by atoms with van der Waals surface area (Å²) in [6.07, 6.45) is 12.4. The van der Waals surface area contributed by atoms with E-state index in [1.807, 2.05) is 139 Å². The van der Waals surface area contributed by atoms with Gasteiger partial charge in [0.1, 0.15) is 5.58 Å². The molecule has 0 atom stereocenters. The van der Waals surface area contributed by atoms with Gasteiger partial charge >= 0.3 is 40.2 Å². The van der Waals surface area contributed by atoms with Gasteiger partial charge in [0.15, 0.2) is 0 Å². The molecule has 5 aromatic heterocycles. The van der Waals surface area contributed by atoms with E-state index < -0.39 is 0 Å². The first-order valence-corrected chi connectivity index (χ1v) is 24.2. The Balaban J connectivity index is 0.000000106. The third kappa shape index (κ3) is 8.25. The minimum atomic E-state index is 0. The van der Waals surface area contributed by atoms with E-state index in [1.54, 1.807) is 0 Å². The second-order valence-corrected chi connectivity index (χ2v) is 18.5. The van der Waals surface area contributed by atoms with Gasteiger partial charge in [-0.05, 0) is 106 Å². The van der Waals surface area contributed by atoms with Crippen LogP contribution < -0.4 is 9.80 Å². The molecule has 360 valence electrons. The molecule has 9 nitrogen and oxygen atoms in total. The number of rotatable bonds is 2. The van der Waals surface area contributed by atoms with Crippen LogP contribution in [0.1, 0.15) is 33.9 Å². The number of hydrogen-bond donors (Lipinski definition) is 0. The molecule has 0 spiro atoms. The summed E-state index contributed by atoms with van der Waals surface area (Å²) >= 11 is 0. The second-order valence-electron chi connectivity index (χ2n) is 18.5. The quantitative estimate of drug-likeness (QED) is 0.126. The molecular weight excluding hydrogens is 1260 g/mol. The number of furan rings is 1. The zero-order valence-corrected chi connectivity index (χ0v) is 45.4. The fraction of sp³-hybridized carbons (Fsp3) is 0.129. The van der Waals surface area contributed by atoms with E-state index in [0.717, 1.165) is 92.5 Å². The van der Waals surface area contributed by atoms with Crippen LogP contribution in [0.5, 0.6) is 0 Å². The van der Waals surface area contributed by atoms with Crippen LogP contribution in [0.3, 0.4) is 0 Å². The van der Waals surface area contributed by atoms with Crippen molar-refractivity contribution < 1.29 is 44.6 Å². The molecule has 0 amide bonds. The van der Waals surface area contributed by atoms with E-state index in [9.17, 15) is 0 Å². The second kappa shape index (κ2) is 19.6. The molecule has 73 heavy (non-hydrogen) atoms. The van der Waals surface area contributed by atoms with Crippen molar-refractivity contribution in [2.45, 2.75) is 39.5 Å². The molecule has 4 aliphatic rings. The normalized spacial score (nSPS) is 14.1. The van der Waals surface area contributed by atoms with Crippen molar-refractivity contribution in [2.75, 3.05) is 23.9 Å². The Bertz CT molecular complexity index is 3950. The van der Waals surface area contributed by atoms with Gasteiger partial charge in [0.05, 0.1) is 11.3 Å². The minimum Gasteiger partial charge on any atom is -0.514 e. The predicted octanol–water partition coefficient (Wildman–Crippen LogP) is 13.2. The standard InChI is InChI=1S/2C18H13N2.C16H12N2O.C10H10N2.2Ir/c2*1-11-16-10-9-12-5-4-8-14-13-6-2-3-7-15(13)18(19-11)20(16)17(12)14;1-17-9-10-18(11-17)14-7-4-6-13-12-5-2-3-8-15(12)19-16(13)14;1-11-7-8-12(9-11)10-5-3-2-4-6-10;;/h2*2-6,8H,9-10H2,1H3;2-6,8-11H,1H3;2-5,7-9H,1H3;;/q2*-1;2*-2;2*+3. The fourth-order valence-electron chi connectivity index (χ4n) is 10.9. The van der Waals surface area contributed by atoms with Gasteiger partial charge in [-0.1, -0.05) is 76.4 Å². The Morgan fingerprint density at radius 1 is 0.479 bits per heavy atom. The molecule has 16 rings (SSSR count). The molecule has 11 heteroatoms. The van der Waals surface area contributed by atoms with Crippen LogP contribution in [0.15, 0.2) is 163 Å². The van der Waals surface area contributed by atoms with Gasteiger partial charge in [0.2, 0.25) is 0 Å². The van der Waals surface area contributed by atoms with Crippen molar-refractivity contribution in [3.63, 3.8) is 0 Å². The zero-order chi connectivity index (χ0) is 47.7. The maximum Gasteiger partial charge on any atom is 3.00 e. The maximum absolute atomic E-state index is 5.99. The van der Waals surface area contributed by atoms with Crippen molar-refractivity contribution in [1.82, 2.24) is 28.6 Å². The SMILES string of the molecule is CN1C=CN(c2[c-]ccc3c2oc2ccccc23)[CH-]1.CN1C=CN(c2[c-]cccc2)[CH-]1.Cc1nc2c3[c-]cccc3c3cccc4c3n2c1CC4.Cc1nc2c3[c-]cccc3c3cccc4c3n2c1CC4.[Ir+3].[Ir+3]. The molecule has 0 saturated carbocycles. The van der Waals surface area contributed by atoms with Crippen LogP contribution >= 0.6 is 0 Å².